The zero-order valence-corrected chi connectivity index (χ0v) is 13.2. The Morgan fingerprint density at radius 1 is 1.17 bits per heavy atom. The summed E-state index contributed by atoms with van der Waals surface area (Å²) >= 11 is 0. The lowest BCUT2D eigenvalue weighted by atomic mass is 10.1. The van der Waals surface area contributed by atoms with Crippen LogP contribution in [0.15, 0.2) is 60.0 Å². The fourth-order valence-corrected chi connectivity index (χ4v) is 1.71. The summed E-state index contributed by atoms with van der Waals surface area (Å²) in [4.78, 5) is 22.6. The van der Waals surface area contributed by atoms with Crippen LogP contribution in [0.4, 0.5) is 5.69 Å². The summed E-state index contributed by atoms with van der Waals surface area (Å²) in [6, 6.07) is 10.4. The van der Waals surface area contributed by atoms with Gasteiger partial charge in [-0.25, -0.2) is 0 Å². The van der Waals surface area contributed by atoms with Crippen LogP contribution in [0.5, 0.6) is 0 Å². The van der Waals surface area contributed by atoms with Crippen molar-refractivity contribution in [2.45, 2.75) is 13.8 Å². The minimum absolute atomic E-state index is 0.0542. The lowest BCUT2D eigenvalue weighted by Gasteiger charge is -2.05. The quantitative estimate of drug-likeness (QED) is 0.284. The van der Waals surface area contributed by atoms with E-state index in [1.807, 2.05) is 0 Å². The number of benzene rings is 1. The van der Waals surface area contributed by atoms with Crippen molar-refractivity contribution < 1.29 is 14.3 Å². The summed E-state index contributed by atoms with van der Waals surface area (Å²) < 4.78 is 4.91. The number of allylic oxidation sites excluding steroid dienone is 4. The van der Waals surface area contributed by atoms with Gasteiger partial charge in [0.25, 0.3) is 0 Å². The lowest BCUT2D eigenvalue weighted by Crippen LogP contribution is -1.99. The van der Waals surface area contributed by atoms with Crippen molar-refractivity contribution >= 4 is 17.4 Å². The molecule has 6 nitrogen and oxygen atoms in total. The summed E-state index contributed by atoms with van der Waals surface area (Å²) in [5.74, 6) is -0.590. The van der Waals surface area contributed by atoms with E-state index in [-0.39, 0.29) is 17.1 Å². The number of Topliss-reactive ketones (excluding diaryl/α,β-unsaturated/α-hetero) is 1. The van der Waals surface area contributed by atoms with Crippen molar-refractivity contribution in [3.05, 3.63) is 65.6 Å². The minimum atomic E-state index is -0.573. The molecule has 0 aliphatic carbocycles. The molecule has 1 aromatic carbocycles. The summed E-state index contributed by atoms with van der Waals surface area (Å²) in [6.45, 7) is 2.68. The molecular formula is C18H15N3O3. The molecule has 0 fully saturated rings. The van der Waals surface area contributed by atoms with Crippen molar-refractivity contribution in [3.63, 3.8) is 0 Å². The molecular weight excluding hydrogens is 306 g/mol. The number of nitriles is 2. The maximum atomic E-state index is 11.5. The van der Waals surface area contributed by atoms with E-state index in [1.54, 1.807) is 36.4 Å². The maximum absolute atomic E-state index is 11.5. The van der Waals surface area contributed by atoms with Crippen molar-refractivity contribution in [3.8, 4) is 12.1 Å². The second-order valence-electron chi connectivity index (χ2n) is 4.55. The molecule has 0 aliphatic rings. The first-order valence-corrected chi connectivity index (χ1v) is 6.91. The molecule has 1 N–H and O–H groups in total. The number of hydrogen-bond acceptors (Lipinski definition) is 6. The maximum Gasteiger partial charge on any atom is 0.308 e. The van der Waals surface area contributed by atoms with E-state index in [0.717, 1.165) is 6.08 Å². The number of rotatable bonds is 6. The topological polar surface area (TPSA) is 103 Å². The monoisotopic (exact) mass is 321 g/mol. The number of ether oxygens (including phenoxy) is 1. The number of ketones is 1. The van der Waals surface area contributed by atoms with E-state index in [9.17, 15) is 9.59 Å². The summed E-state index contributed by atoms with van der Waals surface area (Å²) in [7, 11) is 0. The molecule has 0 atom stereocenters. The molecule has 0 unspecified atom stereocenters. The van der Waals surface area contributed by atoms with Crippen molar-refractivity contribution in [1.82, 2.24) is 0 Å². The highest BCUT2D eigenvalue weighted by atomic mass is 16.5. The lowest BCUT2D eigenvalue weighted by molar-refractivity contribution is -0.136. The van der Waals surface area contributed by atoms with E-state index in [1.165, 1.54) is 32.2 Å². The van der Waals surface area contributed by atoms with Crippen LogP contribution in [-0.2, 0) is 9.53 Å². The van der Waals surface area contributed by atoms with Gasteiger partial charge in [-0.3, -0.25) is 9.59 Å². The molecule has 1 rings (SSSR count). The van der Waals surface area contributed by atoms with Gasteiger partial charge in [0.15, 0.2) is 5.78 Å². The van der Waals surface area contributed by atoms with Gasteiger partial charge in [-0.15, -0.1) is 0 Å². The van der Waals surface area contributed by atoms with Crippen molar-refractivity contribution in [2.24, 2.45) is 0 Å². The summed E-state index contributed by atoms with van der Waals surface area (Å²) in [6.07, 6.45) is 5.64. The Bertz CT molecular complexity index is 790. The average molecular weight is 321 g/mol. The zero-order chi connectivity index (χ0) is 17.9. The molecule has 0 heterocycles. The molecule has 0 bridgehead atoms. The van der Waals surface area contributed by atoms with Crippen molar-refractivity contribution in [1.29, 1.82) is 10.5 Å². The van der Waals surface area contributed by atoms with E-state index in [4.69, 9.17) is 15.3 Å². The van der Waals surface area contributed by atoms with E-state index in [0.29, 0.717) is 11.3 Å². The molecule has 0 saturated carbocycles. The van der Waals surface area contributed by atoms with Crippen LogP contribution in [0, 0.1) is 22.7 Å². The largest absolute Gasteiger partial charge is 0.427 e. The number of carbonyl (C=O) groups is 2. The highest BCUT2D eigenvalue weighted by Crippen LogP contribution is 2.15. The standard InChI is InChI=1S/C18H15N3O3/c1-13(22)17-7-3-4-8-18(17)21-9-5-6-16(24-14(2)23)10-15(11-19)12-20/h3-10,21H,1-2H3/b9-5+,16-6+. The van der Waals surface area contributed by atoms with E-state index >= 15 is 0 Å². The number of hydrogen-bond donors (Lipinski definition) is 1. The molecule has 0 saturated heterocycles. The van der Waals surface area contributed by atoms with Gasteiger partial charge in [-0.1, -0.05) is 12.1 Å². The molecule has 0 spiro atoms. The van der Waals surface area contributed by atoms with Crippen LogP contribution >= 0.6 is 0 Å². The van der Waals surface area contributed by atoms with Gasteiger partial charge in [-0.2, -0.15) is 10.5 Å². The number of anilines is 1. The third kappa shape index (κ3) is 6.00. The predicted molar refractivity (Wildman–Crippen MR) is 88.4 cm³/mol. The average Bonchev–Trinajstić information content (AvgIpc) is 2.55. The summed E-state index contributed by atoms with van der Waals surface area (Å²) in [5.41, 5.74) is 0.988. The highest BCUT2D eigenvalue weighted by Gasteiger charge is 2.04. The van der Waals surface area contributed by atoms with Gasteiger partial charge in [0.1, 0.15) is 23.5 Å². The van der Waals surface area contributed by atoms with Gasteiger partial charge < -0.3 is 10.1 Å². The number of esters is 1. The Kier molecular flexibility index (Phi) is 7.20. The first kappa shape index (κ1) is 18.4. The van der Waals surface area contributed by atoms with E-state index in [2.05, 4.69) is 5.32 Å². The molecule has 0 aromatic heterocycles. The van der Waals surface area contributed by atoms with E-state index < -0.39 is 5.97 Å². The number of para-hydroxylation sites is 1. The van der Waals surface area contributed by atoms with Crippen LogP contribution in [0.3, 0.4) is 0 Å². The molecule has 0 amide bonds. The normalized spacial score (nSPS) is 10.4. The second kappa shape index (κ2) is 9.39. The molecule has 0 radical (unpaired) electrons. The fraction of sp³-hybridized carbons (Fsp3) is 0.111. The molecule has 24 heavy (non-hydrogen) atoms. The fourth-order valence-electron chi connectivity index (χ4n) is 1.71. The SMILES string of the molecule is CC(=O)O/C(C=C(C#N)C#N)=C/C=C/Nc1ccccc1C(C)=O. The Hall–Kier alpha value is -3.64. The van der Waals surface area contributed by atoms with Gasteiger partial charge in [-0.05, 0) is 31.2 Å². The highest BCUT2D eigenvalue weighted by molar-refractivity contribution is 5.99. The molecule has 1 aromatic rings. The third-order valence-electron chi connectivity index (χ3n) is 2.69. The Morgan fingerprint density at radius 2 is 1.83 bits per heavy atom. The second-order valence-corrected chi connectivity index (χ2v) is 4.55. The Balaban J connectivity index is 2.95. The first-order valence-electron chi connectivity index (χ1n) is 6.91. The van der Waals surface area contributed by atoms with Crippen LogP contribution in [0.25, 0.3) is 0 Å². The van der Waals surface area contributed by atoms with Gasteiger partial charge >= 0.3 is 5.97 Å². The van der Waals surface area contributed by atoms with Crippen LogP contribution in [0.2, 0.25) is 0 Å². The van der Waals surface area contributed by atoms with Crippen LogP contribution < -0.4 is 5.32 Å². The number of nitrogens with one attached hydrogen (secondary N) is 1. The van der Waals surface area contributed by atoms with Crippen LogP contribution in [0.1, 0.15) is 24.2 Å². The zero-order valence-electron chi connectivity index (χ0n) is 13.2. The first-order chi connectivity index (χ1) is 11.5. The molecule has 120 valence electrons. The molecule has 6 heteroatoms. The third-order valence-corrected chi connectivity index (χ3v) is 2.69. The molecule has 0 aliphatic heterocycles. The smallest absolute Gasteiger partial charge is 0.308 e. The minimum Gasteiger partial charge on any atom is -0.427 e. The number of carbonyl (C=O) groups excluding carboxylic acids is 2. The van der Waals surface area contributed by atoms with Gasteiger partial charge in [0, 0.05) is 30.5 Å². The Morgan fingerprint density at radius 3 is 2.42 bits per heavy atom. The number of nitrogens with zero attached hydrogens (tertiary/aromatic N) is 2. The summed E-state index contributed by atoms with van der Waals surface area (Å²) in [5, 5.41) is 20.4. The predicted octanol–water partition coefficient (Wildman–Crippen LogP) is 3.24. The van der Waals surface area contributed by atoms with Gasteiger partial charge in [0.2, 0.25) is 0 Å². The van der Waals surface area contributed by atoms with Gasteiger partial charge in [0.05, 0.1) is 0 Å². The van der Waals surface area contributed by atoms with Crippen LogP contribution in [-0.4, -0.2) is 11.8 Å². The van der Waals surface area contributed by atoms with Crippen molar-refractivity contribution in [2.75, 3.05) is 5.32 Å². The Labute approximate surface area is 140 Å².